The minimum Gasteiger partial charge on any atom is -0.387 e. The maximum Gasteiger partial charge on any atom is 0.215 e. The Labute approximate surface area is 161 Å². The molecule has 2 aliphatic rings. The van der Waals surface area contributed by atoms with Gasteiger partial charge in [0.05, 0.1) is 16.3 Å². The molecule has 0 spiro atoms. The van der Waals surface area contributed by atoms with E-state index in [0.717, 1.165) is 28.3 Å². The number of Topliss-reactive ketones (excluding diaryl/α,β-unsaturated/α-hetero) is 1. The predicted octanol–water partition coefficient (Wildman–Crippen LogP) is 3.47. The quantitative estimate of drug-likeness (QED) is 0.643. The summed E-state index contributed by atoms with van der Waals surface area (Å²) in [6.45, 7) is 6.29. The molecule has 1 aromatic carbocycles. The van der Waals surface area contributed by atoms with Crippen LogP contribution >= 0.6 is 11.8 Å². The van der Waals surface area contributed by atoms with Crippen LogP contribution in [0.4, 0.5) is 0 Å². The fourth-order valence-corrected chi connectivity index (χ4v) is 4.16. The summed E-state index contributed by atoms with van der Waals surface area (Å²) >= 11 is 1.37. The number of thioether (sulfide) groups is 1. The lowest BCUT2D eigenvalue weighted by molar-refractivity contribution is -0.117. The van der Waals surface area contributed by atoms with E-state index < -0.39 is 0 Å². The van der Waals surface area contributed by atoms with Gasteiger partial charge in [-0.25, -0.2) is 4.68 Å². The van der Waals surface area contributed by atoms with Gasteiger partial charge in [0.15, 0.2) is 18.2 Å². The number of rotatable bonds is 4. The van der Waals surface area contributed by atoms with Crippen molar-refractivity contribution >= 4 is 23.3 Å². The molecule has 140 valence electrons. The summed E-state index contributed by atoms with van der Waals surface area (Å²) in [5.41, 5.74) is 5.98. The second-order valence-electron chi connectivity index (χ2n) is 7.51. The Kier molecular flexibility index (Phi) is 4.51. The molecule has 1 aromatic heterocycles. The summed E-state index contributed by atoms with van der Waals surface area (Å²) in [5, 5.41) is 13.2. The van der Waals surface area contributed by atoms with Crippen LogP contribution in [-0.2, 0) is 16.2 Å². The van der Waals surface area contributed by atoms with Gasteiger partial charge in [0.1, 0.15) is 0 Å². The smallest absolute Gasteiger partial charge is 0.215 e. The Morgan fingerprint density at radius 3 is 2.85 bits per heavy atom. The largest absolute Gasteiger partial charge is 0.387 e. The van der Waals surface area contributed by atoms with Gasteiger partial charge in [0.2, 0.25) is 5.16 Å². The molecule has 1 aliphatic carbocycles. The van der Waals surface area contributed by atoms with Crippen LogP contribution in [0.2, 0.25) is 0 Å². The molecule has 0 saturated heterocycles. The molecule has 0 amide bonds. The van der Waals surface area contributed by atoms with Crippen molar-refractivity contribution in [1.82, 2.24) is 14.9 Å². The number of fused-ring (bicyclic) bond motifs is 1. The van der Waals surface area contributed by atoms with E-state index in [0.29, 0.717) is 17.4 Å². The van der Waals surface area contributed by atoms with E-state index in [1.54, 1.807) is 4.68 Å². The molecule has 0 bridgehead atoms. The van der Waals surface area contributed by atoms with Crippen LogP contribution in [0.5, 0.6) is 0 Å². The Bertz CT molecular complexity index is 946. The van der Waals surface area contributed by atoms with Crippen molar-refractivity contribution in [3.05, 3.63) is 52.3 Å². The molecular formula is C19H21N5O2S. The first-order chi connectivity index (χ1) is 12.9. The van der Waals surface area contributed by atoms with Gasteiger partial charge in [-0.3, -0.25) is 10.2 Å². The zero-order valence-electron chi connectivity index (χ0n) is 15.5. The molecule has 1 N–H and O–H groups in total. The lowest BCUT2D eigenvalue weighted by atomic mass is 9.79. The van der Waals surface area contributed by atoms with Crippen LogP contribution in [0.25, 0.3) is 0 Å². The van der Waals surface area contributed by atoms with E-state index in [1.165, 1.54) is 11.8 Å². The van der Waals surface area contributed by atoms with Crippen LogP contribution < -0.4 is 5.43 Å². The number of oxime groups is 1. The van der Waals surface area contributed by atoms with Crippen LogP contribution in [0.15, 0.2) is 51.2 Å². The maximum atomic E-state index is 12.4. The summed E-state index contributed by atoms with van der Waals surface area (Å²) in [4.78, 5) is 18.7. The highest BCUT2D eigenvalue weighted by Gasteiger charge is 2.37. The summed E-state index contributed by atoms with van der Waals surface area (Å²) in [5.74, 6) is 0.776. The van der Waals surface area contributed by atoms with Gasteiger partial charge in [0.25, 0.3) is 0 Å². The van der Waals surface area contributed by atoms with Crippen molar-refractivity contribution in [2.24, 2.45) is 10.6 Å². The molecule has 1 aliphatic heterocycles. The van der Waals surface area contributed by atoms with Gasteiger partial charge < -0.3 is 4.84 Å². The first-order valence-corrected chi connectivity index (χ1v) is 9.62. The second-order valence-corrected chi connectivity index (χ2v) is 8.49. The molecule has 2 heterocycles. The van der Waals surface area contributed by atoms with Gasteiger partial charge >= 0.3 is 0 Å². The maximum absolute atomic E-state index is 12.4. The van der Waals surface area contributed by atoms with Crippen LogP contribution in [0.3, 0.4) is 0 Å². The van der Waals surface area contributed by atoms with Crippen LogP contribution in [-0.4, -0.2) is 26.4 Å². The molecule has 4 rings (SSSR count). The van der Waals surface area contributed by atoms with Crippen molar-refractivity contribution in [2.75, 3.05) is 5.43 Å². The summed E-state index contributed by atoms with van der Waals surface area (Å²) in [7, 11) is 0. The van der Waals surface area contributed by atoms with E-state index >= 15 is 0 Å². The number of hydrogen-bond acceptors (Lipinski definition) is 7. The van der Waals surface area contributed by atoms with Crippen molar-refractivity contribution in [3.63, 3.8) is 0 Å². The Morgan fingerprint density at radius 2 is 2.07 bits per heavy atom. The highest BCUT2D eigenvalue weighted by atomic mass is 32.2. The average Bonchev–Trinajstić information content (AvgIpc) is 3.02. The van der Waals surface area contributed by atoms with Crippen molar-refractivity contribution in [1.29, 1.82) is 0 Å². The summed E-state index contributed by atoms with van der Waals surface area (Å²) < 4.78 is 1.78. The minimum absolute atomic E-state index is 0.0528. The van der Waals surface area contributed by atoms with E-state index in [9.17, 15) is 4.79 Å². The third-order valence-corrected chi connectivity index (χ3v) is 5.67. The van der Waals surface area contributed by atoms with Crippen LogP contribution in [0.1, 0.15) is 45.0 Å². The standard InChI is InChI=1S/C19H21N5O2S/c1-12(13-7-5-4-6-8-13)23-26-11-16-20-21-18-24(16)22-14-9-19(2,3)10-15(25)17(14)27-18/h4-8,22H,9-11H2,1-3H3/b23-12+. The molecule has 27 heavy (non-hydrogen) atoms. The molecule has 0 atom stereocenters. The molecule has 8 heteroatoms. The molecule has 0 unspecified atom stereocenters. The van der Waals surface area contributed by atoms with Crippen molar-refractivity contribution in [2.45, 2.75) is 45.4 Å². The van der Waals surface area contributed by atoms with Crippen molar-refractivity contribution in [3.8, 4) is 0 Å². The molecule has 2 aromatic rings. The normalized spacial score (nSPS) is 18.6. The Balaban J connectivity index is 1.48. The first-order valence-electron chi connectivity index (χ1n) is 8.80. The second kappa shape index (κ2) is 6.84. The molecule has 0 fully saturated rings. The number of carbonyl (C=O) groups excluding carboxylic acids is 1. The van der Waals surface area contributed by atoms with Gasteiger partial charge in [-0.05, 0) is 36.1 Å². The predicted molar refractivity (Wildman–Crippen MR) is 104 cm³/mol. The number of allylic oxidation sites excluding steroid dienone is 2. The van der Waals surface area contributed by atoms with Gasteiger partial charge in [-0.1, -0.05) is 49.3 Å². The third-order valence-electron chi connectivity index (χ3n) is 4.55. The SMILES string of the molecule is C/C(=N\OCc1nnc2n1NC1=C(S2)C(=O)CC(C)(C)C1)c1ccccc1. The lowest BCUT2D eigenvalue weighted by Gasteiger charge is -2.34. The number of nitrogens with zero attached hydrogens (tertiary/aromatic N) is 4. The van der Waals surface area contributed by atoms with E-state index in [1.807, 2.05) is 37.3 Å². The fraction of sp³-hybridized carbons (Fsp3) is 0.368. The highest BCUT2D eigenvalue weighted by Crippen LogP contribution is 2.43. The minimum atomic E-state index is -0.0528. The number of hydrogen-bond donors (Lipinski definition) is 1. The fourth-order valence-electron chi connectivity index (χ4n) is 3.23. The first kappa shape index (κ1) is 17.8. The van der Waals surface area contributed by atoms with Crippen LogP contribution in [0, 0.1) is 5.41 Å². The highest BCUT2D eigenvalue weighted by molar-refractivity contribution is 8.04. The summed E-state index contributed by atoms with van der Waals surface area (Å²) in [6, 6.07) is 9.85. The molecule has 7 nitrogen and oxygen atoms in total. The van der Waals surface area contributed by atoms with Crippen molar-refractivity contribution < 1.29 is 9.63 Å². The number of carbonyl (C=O) groups is 1. The Hall–Kier alpha value is -2.61. The number of nitrogens with one attached hydrogen (secondary N) is 1. The average molecular weight is 383 g/mol. The zero-order chi connectivity index (χ0) is 19.0. The monoisotopic (exact) mass is 383 g/mol. The van der Waals surface area contributed by atoms with Gasteiger partial charge in [0, 0.05) is 6.42 Å². The lowest BCUT2D eigenvalue weighted by Crippen LogP contribution is -2.33. The molecule has 0 saturated carbocycles. The number of aromatic nitrogens is 3. The number of ketones is 1. The Morgan fingerprint density at radius 1 is 1.30 bits per heavy atom. The number of benzene rings is 1. The molecule has 0 radical (unpaired) electrons. The van der Waals surface area contributed by atoms with E-state index in [2.05, 4.69) is 34.6 Å². The van der Waals surface area contributed by atoms with Gasteiger partial charge in [-0.2, -0.15) is 0 Å². The molecular weight excluding hydrogens is 362 g/mol. The van der Waals surface area contributed by atoms with E-state index in [-0.39, 0.29) is 17.8 Å². The van der Waals surface area contributed by atoms with E-state index in [4.69, 9.17) is 4.84 Å². The zero-order valence-corrected chi connectivity index (χ0v) is 16.3. The van der Waals surface area contributed by atoms with Gasteiger partial charge in [-0.15, -0.1) is 10.2 Å². The summed E-state index contributed by atoms with van der Waals surface area (Å²) in [6.07, 6.45) is 1.36. The third kappa shape index (κ3) is 3.62. The topological polar surface area (TPSA) is 81.4 Å².